The van der Waals surface area contributed by atoms with Crippen molar-refractivity contribution in [3.8, 4) is 0 Å². The molecule has 0 saturated heterocycles. The minimum Gasteiger partial charge on any atom is -0.313 e. The van der Waals surface area contributed by atoms with Crippen molar-refractivity contribution in [2.75, 3.05) is 12.3 Å². The Morgan fingerprint density at radius 1 is 1.36 bits per heavy atom. The summed E-state index contributed by atoms with van der Waals surface area (Å²) in [6.45, 7) is 10.4. The molecule has 2 unspecified atom stereocenters. The van der Waals surface area contributed by atoms with Gasteiger partial charge in [-0.15, -0.1) is 0 Å². The van der Waals surface area contributed by atoms with E-state index in [-0.39, 0.29) is 0 Å². The summed E-state index contributed by atoms with van der Waals surface area (Å²) in [5, 5.41) is 4.52. The largest absolute Gasteiger partial charge is 0.313 e. The lowest BCUT2D eigenvalue weighted by atomic mass is 9.87. The minimum atomic E-state index is 0.501. The molecule has 1 aliphatic rings. The average molecular weight is 215 g/mol. The monoisotopic (exact) mass is 215 g/mol. The van der Waals surface area contributed by atoms with Crippen LogP contribution in [-0.2, 0) is 0 Å². The normalized spacial score (nSPS) is 30.9. The van der Waals surface area contributed by atoms with Gasteiger partial charge in [0.15, 0.2) is 0 Å². The van der Waals surface area contributed by atoms with Crippen LogP contribution in [0.2, 0.25) is 0 Å². The molecule has 0 aromatic rings. The highest BCUT2D eigenvalue weighted by molar-refractivity contribution is 7.99. The summed E-state index contributed by atoms with van der Waals surface area (Å²) < 4.78 is 0. The first-order valence-corrected chi connectivity index (χ1v) is 7.01. The summed E-state index contributed by atoms with van der Waals surface area (Å²) in [6, 6.07) is 0.726. The molecular weight excluding hydrogens is 190 g/mol. The molecular formula is C12H25NS. The fourth-order valence-corrected chi connectivity index (χ4v) is 3.90. The molecule has 1 nitrogen and oxygen atoms in total. The second-order valence-electron chi connectivity index (χ2n) is 4.97. The standard InChI is InChI=1S/C12H25NS/c1-5-9-14-10-7-8-12(3,4)11(10)13-6-2/h10-11,13H,5-9H2,1-4H3. The maximum atomic E-state index is 3.67. The summed E-state index contributed by atoms with van der Waals surface area (Å²) in [6.07, 6.45) is 4.09. The number of thioether (sulfide) groups is 1. The van der Waals surface area contributed by atoms with Gasteiger partial charge in [0.05, 0.1) is 0 Å². The van der Waals surface area contributed by atoms with E-state index in [1.165, 1.54) is 25.0 Å². The Bertz CT molecular complexity index is 168. The average Bonchev–Trinajstić information content (AvgIpc) is 2.41. The van der Waals surface area contributed by atoms with Gasteiger partial charge in [0.1, 0.15) is 0 Å². The summed E-state index contributed by atoms with van der Waals surface area (Å²) in [4.78, 5) is 0. The van der Waals surface area contributed by atoms with Crippen molar-refractivity contribution in [2.24, 2.45) is 5.41 Å². The lowest BCUT2D eigenvalue weighted by Crippen LogP contribution is -2.43. The Morgan fingerprint density at radius 2 is 2.07 bits per heavy atom. The second-order valence-corrected chi connectivity index (χ2v) is 6.32. The Morgan fingerprint density at radius 3 is 2.64 bits per heavy atom. The van der Waals surface area contributed by atoms with E-state index >= 15 is 0 Å². The van der Waals surface area contributed by atoms with Crippen molar-refractivity contribution in [1.29, 1.82) is 0 Å². The third-order valence-corrected chi connectivity index (χ3v) is 4.83. The zero-order chi connectivity index (χ0) is 10.6. The van der Waals surface area contributed by atoms with Crippen molar-refractivity contribution in [3.05, 3.63) is 0 Å². The Kier molecular flexibility index (Phi) is 4.78. The van der Waals surface area contributed by atoms with Crippen molar-refractivity contribution in [2.45, 2.75) is 58.2 Å². The van der Waals surface area contributed by atoms with Gasteiger partial charge in [-0.1, -0.05) is 27.7 Å². The highest BCUT2D eigenvalue weighted by Gasteiger charge is 2.41. The van der Waals surface area contributed by atoms with Crippen LogP contribution in [0.1, 0.15) is 47.0 Å². The lowest BCUT2D eigenvalue weighted by molar-refractivity contribution is 0.290. The van der Waals surface area contributed by atoms with Gasteiger partial charge in [-0.3, -0.25) is 0 Å². The molecule has 0 aromatic heterocycles. The molecule has 1 N–H and O–H groups in total. The van der Waals surface area contributed by atoms with E-state index in [1.54, 1.807) is 0 Å². The van der Waals surface area contributed by atoms with Crippen LogP contribution in [0.25, 0.3) is 0 Å². The van der Waals surface area contributed by atoms with E-state index in [2.05, 4.69) is 44.8 Å². The molecule has 2 heteroatoms. The van der Waals surface area contributed by atoms with Crippen LogP contribution >= 0.6 is 11.8 Å². The van der Waals surface area contributed by atoms with Crippen LogP contribution in [0.15, 0.2) is 0 Å². The van der Waals surface area contributed by atoms with E-state index in [0.29, 0.717) is 5.41 Å². The van der Waals surface area contributed by atoms with Gasteiger partial charge < -0.3 is 5.32 Å². The predicted molar refractivity (Wildman–Crippen MR) is 67.0 cm³/mol. The summed E-state index contributed by atoms with van der Waals surface area (Å²) in [7, 11) is 0. The van der Waals surface area contributed by atoms with Gasteiger partial charge in [0, 0.05) is 11.3 Å². The zero-order valence-electron chi connectivity index (χ0n) is 10.1. The van der Waals surface area contributed by atoms with Crippen molar-refractivity contribution in [1.82, 2.24) is 5.32 Å². The van der Waals surface area contributed by atoms with Crippen molar-refractivity contribution >= 4 is 11.8 Å². The number of rotatable bonds is 5. The third-order valence-electron chi connectivity index (χ3n) is 3.25. The van der Waals surface area contributed by atoms with Crippen LogP contribution < -0.4 is 5.32 Å². The third kappa shape index (κ3) is 2.90. The molecule has 0 bridgehead atoms. The molecule has 2 atom stereocenters. The predicted octanol–water partition coefficient (Wildman–Crippen LogP) is 3.30. The van der Waals surface area contributed by atoms with Gasteiger partial charge in [0.25, 0.3) is 0 Å². The van der Waals surface area contributed by atoms with Crippen molar-refractivity contribution < 1.29 is 0 Å². The number of nitrogens with one attached hydrogen (secondary N) is 1. The van der Waals surface area contributed by atoms with Gasteiger partial charge in [0.2, 0.25) is 0 Å². The number of hydrogen-bond acceptors (Lipinski definition) is 2. The van der Waals surface area contributed by atoms with Gasteiger partial charge in [-0.25, -0.2) is 0 Å². The molecule has 0 radical (unpaired) electrons. The van der Waals surface area contributed by atoms with Crippen LogP contribution in [-0.4, -0.2) is 23.6 Å². The second kappa shape index (κ2) is 5.41. The van der Waals surface area contributed by atoms with E-state index in [4.69, 9.17) is 0 Å². The first-order chi connectivity index (χ1) is 6.61. The minimum absolute atomic E-state index is 0.501. The van der Waals surface area contributed by atoms with Crippen molar-refractivity contribution in [3.63, 3.8) is 0 Å². The molecule has 84 valence electrons. The van der Waals surface area contributed by atoms with E-state index < -0.39 is 0 Å². The molecule has 1 aliphatic carbocycles. The Balaban J connectivity index is 2.50. The highest BCUT2D eigenvalue weighted by atomic mass is 32.2. The summed E-state index contributed by atoms with van der Waals surface area (Å²) >= 11 is 2.17. The molecule has 0 amide bonds. The Hall–Kier alpha value is 0.310. The van der Waals surface area contributed by atoms with Gasteiger partial charge >= 0.3 is 0 Å². The van der Waals surface area contributed by atoms with Crippen LogP contribution in [0, 0.1) is 5.41 Å². The molecule has 14 heavy (non-hydrogen) atoms. The van der Waals surface area contributed by atoms with Gasteiger partial charge in [-0.2, -0.15) is 11.8 Å². The summed E-state index contributed by atoms with van der Waals surface area (Å²) in [5.74, 6) is 1.32. The SMILES string of the molecule is CCCSC1CCC(C)(C)C1NCC. The van der Waals surface area contributed by atoms with Gasteiger partial charge in [-0.05, 0) is 37.0 Å². The maximum Gasteiger partial charge on any atom is 0.0237 e. The highest BCUT2D eigenvalue weighted by Crippen LogP contribution is 2.42. The fraction of sp³-hybridized carbons (Fsp3) is 1.00. The molecule has 1 fully saturated rings. The smallest absolute Gasteiger partial charge is 0.0237 e. The van der Waals surface area contributed by atoms with Crippen LogP contribution in [0.3, 0.4) is 0 Å². The quantitative estimate of drug-likeness (QED) is 0.755. The van der Waals surface area contributed by atoms with E-state index in [0.717, 1.165) is 17.8 Å². The maximum absolute atomic E-state index is 3.67. The fourth-order valence-electron chi connectivity index (χ4n) is 2.42. The Labute approximate surface area is 93.4 Å². The number of hydrogen-bond donors (Lipinski definition) is 1. The lowest BCUT2D eigenvalue weighted by Gasteiger charge is -2.31. The van der Waals surface area contributed by atoms with E-state index in [9.17, 15) is 0 Å². The summed E-state index contributed by atoms with van der Waals surface area (Å²) in [5.41, 5.74) is 0.501. The molecule has 0 aliphatic heterocycles. The molecule has 0 heterocycles. The topological polar surface area (TPSA) is 12.0 Å². The molecule has 1 rings (SSSR count). The first-order valence-electron chi connectivity index (χ1n) is 5.96. The molecule has 0 aromatic carbocycles. The van der Waals surface area contributed by atoms with Crippen LogP contribution in [0.4, 0.5) is 0 Å². The molecule has 1 saturated carbocycles. The van der Waals surface area contributed by atoms with Crippen LogP contribution in [0.5, 0.6) is 0 Å². The first kappa shape index (κ1) is 12.4. The zero-order valence-corrected chi connectivity index (χ0v) is 10.9. The molecule has 0 spiro atoms. The van der Waals surface area contributed by atoms with E-state index in [1.807, 2.05) is 0 Å².